The van der Waals surface area contributed by atoms with Gasteiger partial charge in [-0.1, -0.05) is 44.2 Å². The molecule has 0 bridgehead atoms. The number of hydrogen-bond acceptors (Lipinski definition) is 4. The normalized spacial score (nSPS) is 13.8. The van der Waals surface area contributed by atoms with Gasteiger partial charge < -0.3 is 15.1 Å². The number of amides is 1. The van der Waals surface area contributed by atoms with E-state index in [0.717, 1.165) is 42.9 Å². The van der Waals surface area contributed by atoms with Crippen LogP contribution in [-0.4, -0.2) is 49.0 Å². The summed E-state index contributed by atoms with van der Waals surface area (Å²) in [4.78, 5) is 21.4. The fraction of sp³-hybridized carbons (Fsp3) is 0.333. The second-order valence-electron chi connectivity index (χ2n) is 7.96. The zero-order chi connectivity index (χ0) is 23.6. The Morgan fingerprint density at radius 1 is 0.970 bits per heavy atom. The zero-order valence-corrected chi connectivity index (χ0v) is 19.7. The summed E-state index contributed by atoms with van der Waals surface area (Å²) in [6, 6.07) is 18.7. The number of anilines is 1. The molecule has 1 saturated heterocycles. The molecule has 174 valence electrons. The summed E-state index contributed by atoms with van der Waals surface area (Å²) in [5.41, 5.74) is 4.81. The highest BCUT2D eigenvalue weighted by atomic mass is 19.1. The lowest BCUT2D eigenvalue weighted by Gasteiger charge is -2.34. The Labute approximate surface area is 196 Å². The van der Waals surface area contributed by atoms with Gasteiger partial charge in [-0.3, -0.25) is 9.78 Å². The Hall–Kier alpha value is -3.25. The number of hydrogen-bond donors (Lipinski definition) is 1. The molecule has 1 N–H and O–H groups in total. The molecule has 0 saturated carbocycles. The van der Waals surface area contributed by atoms with Crippen molar-refractivity contribution in [2.75, 3.05) is 38.1 Å². The van der Waals surface area contributed by atoms with Gasteiger partial charge in [0.25, 0.3) is 0 Å². The number of likely N-dealkylation sites (N-methyl/N-ethyl adjacent to an activating group) is 1. The van der Waals surface area contributed by atoms with Gasteiger partial charge in [-0.15, -0.1) is 0 Å². The molecule has 2 aromatic carbocycles. The van der Waals surface area contributed by atoms with Crippen LogP contribution in [0.1, 0.15) is 25.1 Å². The van der Waals surface area contributed by atoms with Gasteiger partial charge >= 0.3 is 0 Å². The maximum Gasteiger partial charge on any atom is 0.226 e. The molecule has 33 heavy (non-hydrogen) atoms. The molecule has 5 nitrogen and oxygen atoms in total. The lowest BCUT2D eigenvalue weighted by Crippen LogP contribution is -2.44. The minimum absolute atomic E-state index is 0.138. The zero-order valence-electron chi connectivity index (χ0n) is 19.7. The van der Waals surface area contributed by atoms with E-state index < -0.39 is 0 Å². The molecule has 1 aromatic heterocycles. The fourth-order valence-corrected chi connectivity index (χ4v) is 3.70. The van der Waals surface area contributed by atoms with Crippen LogP contribution in [0.25, 0.3) is 11.1 Å². The smallest absolute Gasteiger partial charge is 0.226 e. The van der Waals surface area contributed by atoms with Crippen LogP contribution in [0.3, 0.4) is 0 Å². The van der Waals surface area contributed by atoms with Crippen molar-refractivity contribution in [3.8, 4) is 11.1 Å². The lowest BCUT2D eigenvalue weighted by molar-refractivity contribution is -0.120. The van der Waals surface area contributed by atoms with Crippen LogP contribution >= 0.6 is 0 Å². The third-order valence-electron chi connectivity index (χ3n) is 5.61. The van der Waals surface area contributed by atoms with Crippen molar-refractivity contribution >= 4 is 11.6 Å². The van der Waals surface area contributed by atoms with Gasteiger partial charge in [-0.05, 0) is 48.5 Å². The average Bonchev–Trinajstić information content (AvgIpc) is 2.85. The van der Waals surface area contributed by atoms with Crippen molar-refractivity contribution in [2.45, 2.75) is 26.8 Å². The molecule has 1 amide bonds. The van der Waals surface area contributed by atoms with Gasteiger partial charge in [0.1, 0.15) is 5.82 Å². The number of halogens is 1. The van der Waals surface area contributed by atoms with Crippen LogP contribution < -0.4 is 10.2 Å². The van der Waals surface area contributed by atoms with Gasteiger partial charge in [0.2, 0.25) is 5.91 Å². The molecular formula is C27H33FN4O. The highest BCUT2D eigenvalue weighted by Gasteiger charge is 2.14. The van der Waals surface area contributed by atoms with Gasteiger partial charge in [0, 0.05) is 55.9 Å². The summed E-state index contributed by atoms with van der Waals surface area (Å²) in [6.07, 6.45) is 2.00. The quantitative estimate of drug-likeness (QED) is 0.602. The van der Waals surface area contributed by atoms with E-state index in [0.29, 0.717) is 12.2 Å². The second-order valence-corrected chi connectivity index (χ2v) is 7.96. The number of rotatable bonds is 6. The SMILES string of the molecule is CC.CN1CCN(c2ccc(-c3ccc(CC(=O)NCc4cccc(F)c4)nc3)cc2)CC1. The summed E-state index contributed by atoms with van der Waals surface area (Å²) in [7, 11) is 2.16. The molecule has 3 aromatic rings. The first-order valence-electron chi connectivity index (χ1n) is 11.6. The van der Waals surface area contributed by atoms with Crippen molar-refractivity contribution in [3.05, 3.63) is 83.9 Å². The van der Waals surface area contributed by atoms with Crippen molar-refractivity contribution in [2.24, 2.45) is 0 Å². The van der Waals surface area contributed by atoms with Crippen LogP contribution in [0.5, 0.6) is 0 Å². The summed E-state index contributed by atoms with van der Waals surface area (Å²) in [5, 5.41) is 2.81. The number of aromatic nitrogens is 1. The van der Waals surface area contributed by atoms with Gasteiger partial charge in [0.05, 0.1) is 6.42 Å². The van der Waals surface area contributed by atoms with Gasteiger partial charge in [-0.25, -0.2) is 4.39 Å². The van der Waals surface area contributed by atoms with E-state index >= 15 is 0 Å². The Morgan fingerprint density at radius 3 is 2.30 bits per heavy atom. The number of pyridine rings is 1. The highest BCUT2D eigenvalue weighted by molar-refractivity contribution is 5.78. The fourth-order valence-electron chi connectivity index (χ4n) is 3.70. The molecular weight excluding hydrogens is 415 g/mol. The van der Waals surface area contributed by atoms with E-state index in [-0.39, 0.29) is 18.1 Å². The van der Waals surface area contributed by atoms with E-state index in [1.54, 1.807) is 18.3 Å². The van der Waals surface area contributed by atoms with E-state index in [1.165, 1.54) is 17.8 Å². The lowest BCUT2D eigenvalue weighted by atomic mass is 10.1. The number of piperazine rings is 1. The van der Waals surface area contributed by atoms with Crippen LogP contribution in [0.2, 0.25) is 0 Å². The van der Waals surface area contributed by atoms with E-state index in [2.05, 4.69) is 51.4 Å². The van der Waals surface area contributed by atoms with Crippen LogP contribution in [0.15, 0.2) is 66.9 Å². The predicted molar refractivity (Wildman–Crippen MR) is 133 cm³/mol. The number of nitrogens with one attached hydrogen (secondary N) is 1. The number of carbonyl (C=O) groups is 1. The van der Waals surface area contributed by atoms with Crippen LogP contribution in [0, 0.1) is 5.82 Å². The molecule has 4 rings (SSSR count). The molecule has 0 aliphatic carbocycles. The summed E-state index contributed by atoms with van der Waals surface area (Å²) < 4.78 is 13.2. The molecule has 0 unspecified atom stereocenters. The summed E-state index contributed by atoms with van der Waals surface area (Å²) in [5.74, 6) is -0.443. The van der Waals surface area contributed by atoms with Gasteiger partial charge in [-0.2, -0.15) is 0 Å². The van der Waals surface area contributed by atoms with E-state index in [9.17, 15) is 9.18 Å². The maximum atomic E-state index is 13.2. The van der Waals surface area contributed by atoms with Crippen LogP contribution in [0.4, 0.5) is 10.1 Å². The highest BCUT2D eigenvalue weighted by Crippen LogP contribution is 2.23. The number of nitrogens with zero attached hydrogens (tertiary/aromatic N) is 3. The van der Waals surface area contributed by atoms with Gasteiger partial charge in [0.15, 0.2) is 0 Å². The molecule has 1 fully saturated rings. The molecule has 0 spiro atoms. The first-order valence-corrected chi connectivity index (χ1v) is 11.6. The second kappa shape index (κ2) is 12.1. The molecule has 1 aliphatic rings. The van der Waals surface area contributed by atoms with E-state index in [4.69, 9.17) is 0 Å². The first kappa shape index (κ1) is 24.4. The predicted octanol–water partition coefficient (Wildman–Crippen LogP) is 4.52. The monoisotopic (exact) mass is 448 g/mol. The Balaban J connectivity index is 0.00000149. The number of carbonyl (C=O) groups excluding carboxylic acids is 1. The molecule has 6 heteroatoms. The third-order valence-corrected chi connectivity index (χ3v) is 5.61. The molecule has 0 radical (unpaired) electrons. The Kier molecular flexibility index (Phi) is 8.95. The first-order chi connectivity index (χ1) is 16.1. The molecule has 1 aliphatic heterocycles. The standard InChI is InChI=1S/C25H27FN4O.C2H6/c1-29-11-13-30(14-12-29)24-9-6-20(7-10-24)21-5-8-23(27-18-21)16-25(31)28-17-19-3-2-4-22(26)15-19;1-2/h2-10,15,18H,11-14,16-17H2,1H3,(H,28,31);1-2H3. The minimum Gasteiger partial charge on any atom is -0.369 e. The Bertz CT molecular complexity index is 1010. The summed E-state index contributed by atoms with van der Waals surface area (Å²) in [6.45, 7) is 8.57. The van der Waals surface area contributed by atoms with Crippen molar-refractivity contribution in [1.29, 1.82) is 0 Å². The van der Waals surface area contributed by atoms with Crippen LogP contribution in [-0.2, 0) is 17.8 Å². The van der Waals surface area contributed by atoms with Crippen molar-refractivity contribution in [3.63, 3.8) is 0 Å². The topological polar surface area (TPSA) is 48.5 Å². The third kappa shape index (κ3) is 7.12. The van der Waals surface area contributed by atoms with Crippen molar-refractivity contribution in [1.82, 2.24) is 15.2 Å². The van der Waals surface area contributed by atoms with E-state index in [1.807, 2.05) is 26.0 Å². The average molecular weight is 449 g/mol. The maximum absolute atomic E-state index is 13.2. The van der Waals surface area contributed by atoms with Crippen molar-refractivity contribution < 1.29 is 9.18 Å². The molecule has 0 atom stereocenters. The largest absolute Gasteiger partial charge is 0.369 e. The molecule has 2 heterocycles. The summed E-state index contributed by atoms with van der Waals surface area (Å²) >= 11 is 0. The Morgan fingerprint density at radius 2 is 1.67 bits per heavy atom. The minimum atomic E-state index is -0.305. The number of benzene rings is 2.